The zero-order chi connectivity index (χ0) is 30.1. The maximum Gasteiger partial charge on any atom is 0.164 e. The summed E-state index contributed by atoms with van der Waals surface area (Å²) in [5, 5.41) is 3.70. The number of nitrogens with zero attached hydrogens (tertiary/aromatic N) is 3. The smallest absolute Gasteiger partial charge is 0.164 e. The van der Waals surface area contributed by atoms with Crippen LogP contribution in [0.4, 0.5) is 0 Å². The van der Waals surface area contributed by atoms with E-state index in [9.17, 15) is 0 Å². The van der Waals surface area contributed by atoms with Gasteiger partial charge in [-0.2, -0.15) is 0 Å². The van der Waals surface area contributed by atoms with Gasteiger partial charge in [-0.05, 0) is 45.2 Å². The van der Waals surface area contributed by atoms with Crippen molar-refractivity contribution in [1.29, 1.82) is 0 Å². The lowest BCUT2D eigenvalue weighted by atomic mass is 9.98. The lowest BCUT2D eigenvalue weighted by Gasteiger charge is -2.17. The Morgan fingerprint density at radius 3 is 1.59 bits per heavy atom. The van der Waals surface area contributed by atoms with Crippen molar-refractivity contribution in [2.24, 2.45) is 0 Å². The van der Waals surface area contributed by atoms with Gasteiger partial charge in [0.25, 0.3) is 0 Å². The first kappa shape index (κ1) is 27.6. The third-order valence-electron chi connectivity index (χ3n) is 8.10. The van der Waals surface area contributed by atoms with Gasteiger partial charge in [-0.15, -0.1) is 0 Å². The van der Waals surface area contributed by atoms with E-state index in [1.54, 1.807) is 0 Å². The molecule has 0 aliphatic rings. The van der Waals surface area contributed by atoms with Crippen LogP contribution < -0.4 is 5.19 Å². The van der Waals surface area contributed by atoms with E-state index >= 15 is 0 Å². The second kappa shape index (κ2) is 11.5. The standard InChI is InChI=1S/C40H33N3Si/c1-44(2,3)35-24-22-30(23-25-35)38-41-39(43-40(42-38)37-21-11-15-29-14-7-8-20-36(29)37)34-19-10-18-33(27-34)32-17-9-16-31(26-32)28-12-5-4-6-13-28/h4-27H,1-3H3. The van der Waals surface area contributed by atoms with Crippen molar-refractivity contribution < 1.29 is 0 Å². The van der Waals surface area contributed by atoms with Crippen molar-refractivity contribution in [3.63, 3.8) is 0 Å². The second-order valence-electron chi connectivity index (χ2n) is 12.2. The number of fused-ring (bicyclic) bond motifs is 1. The molecule has 0 amide bonds. The molecule has 0 radical (unpaired) electrons. The predicted octanol–water partition coefficient (Wildman–Crippen LogP) is 9.90. The second-order valence-corrected chi connectivity index (χ2v) is 17.3. The van der Waals surface area contributed by atoms with Crippen LogP contribution in [0, 0.1) is 0 Å². The Hall–Kier alpha value is -5.19. The lowest BCUT2D eigenvalue weighted by Crippen LogP contribution is -2.37. The van der Waals surface area contributed by atoms with Crippen LogP contribution in [0.25, 0.3) is 67.2 Å². The summed E-state index contributed by atoms with van der Waals surface area (Å²) in [7, 11) is -1.43. The van der Waals surface area contributed by atoms with E-state index < -0.39 is 8.07 Å². The highest BCUT2D eigenvalue weighted by molar-refractivity contribution is 6.88. The van der Waals surface area contributed by atoms with E-state index in [1.807, 2.05) is 6.07 Å². The maximum absolute atomic E-state index is 5.09. The first-order valence-corrected chi connectivity index (χ1v) is 18.5. The highest BCUT2D eigenvalue weighted by Crippen LogP contribution is 2.32. The van der Waals surface area contributed by atoms with Crippen molar-refractivity contribution >= 4 is 24.0 Å². The molecule has 7 rings (SSSR count). The molecule has 0 atom stereocenters. The van der Waals surface area contributed by atoms with Gasteiger partial charge in [-0.3, -0.25) is 0 Å². The summed E-state index contributed by atoms with van der Waals surface area (Å²) in [6.45, 7) is 7.10. The fraction of sp³-hybridized carbons (Fsp3) is 0.0750. The van der Waals surface area contributed by atoms with E-state index in [1.165, 1.54) is 16.3 Å². The van der Waals surface area contributed by atoms with Gasteiger partial charge in [0.2, 0.25) is 0 Å². The van der Waals surface area contributed by atoms with E-state index in [0.29, 0.717) is 17.5 Å². The molecule has 3 nitrogen and oxygen atoms in total. The number of benzene rings is 6. The SMILES string of the molecule is C[Si](C)(C)c1ccc(-c2nc(-c3cccc(-c4cccc(-c5ccccc5)c4)c3)nc(-c3cccc4ccccc34)n2)cc1. The molecule has 0 spiro atoms. The summed E-state index contributed by atoms with van der Waals surface area (Å²) in [5.74, 6) is 2.01. The Bertz CT molecular complexity index is 2090. The molecular weight excluding hydrogens is 551 g/mol. The minimum Gasteiger partial charge on any atom is -0.208 e. The van der Waals surface area contributed by atoms with Crippen LogP contribution in [0.15, 0.2) is 146 Å². The van der Waals surface area contributed by atoms with Crippen LogP contribution in [0.3, 0.4) is 0 Å². The summed E-state index contributed by atoms with van der Waals surface area (Å²) in [5.41, 5.74) is 7.61. The maximum atomic E-state index is 5.09. The monoisotopic (exact) mass is 583 g/mol. The molecule has 0 bridgehead atoms. The molecule has 0 saturated heterocycles. The minimum atomic E-state index is -1.43. The molecule has 1 aromatic heterocycles. The Kier molecular flexibility index (Phi) is 7.21. The molecule has 212 valence electrons. The number of rotatable bonds is 6. The van der Waals surface area contributed by atoms with Crippen LogP contribution in [-0.4, -0.2) is 23.0 Å². The largest absolute Gasteiger partial charge is 0.208 e. The predicted molar refractivity (Wildman–Crippen MR) is 187 cm³/mol. The van der Waals surface area contributed by atoms with Gasteiger partial charge >= 0.3 is 0 Å². The molecule has 7 aromatic rings. The fourth-order valence-corrected chi connectivity index (χ4v) is 6.81. The van der Waals surface area contributed by atoms with E-state index in [4.69, 9.17) is 15.0 Å². The third kappa shape index (κ3) is 5.60. The van der Waals surface area contributed by atoms with Crippen LogP contribution in [0.1, 0.15) is 0 Å². The summed E-state index contributed by atoms with van der Waals surface area (Å²) in [6.07, 6.45) is 0. The molecule has 44 heavy (non-hydrogen) atoms. The summed E-state index contributed by atoms with van der Waals surface area (Å²) < 4.78 is 0. The van der Waals surface area contributed by atoms with Crippen LogP contribution in [-0.2, 0) is 0 Å². The Morgan fingerprint density at radius 2 is 0.886 bits per heavy atom. The van der Waals surface area contributed by atoms with E-state index in [-0.39, 0.29) is 0 Å². The number of hydrogen-bond donors (Lipinski definition) is 0. The Morgan fingerprint density at radius 1 is 0.386 bits per heavy atom. The molecule has 6 aromatic carbocycles. The molecule has 0 N–H and O–H groups in total. The number of aromatic nitrogens is 3. The van der Waals surface area contributed by atoms with Gasteiger partial charge in [0.05, 0.1) is 8.07 Å². The topological polar surface area (TPSA) is 38.7 Å². The van der Waals surface area contributed by atoms with Gasteiger partial charge in [-0.1, -0.05) is 158 Å². The molecule has 4 heteroatoms. The molecule has 0 unspecified atom stereocenters. The highest BCUT2D eigenvalue weighted by Gasteiger charge is 2.18. The van der Waals surface area contributed by atoms with Gasteiger partial charge in [0, 0.05) is 16.7 Å². The first-order valence-electron chi connectivity index (χ1n) is 15.0. The van der Waals surface area contributed by atoms with Crippen LogP contribution in [0.2, 0.25) is 19.6 Å². The van der Waals surface area contributed by atoms with Gasteiger partial charge in [0.15, 0.2) is 17.5 Å². The minimum absolute atomic E-state index is 0.660. The Labute approximate surface area is 260 Å². The first-order chi connectivity index (χ1) is 21.4. The van der Waals surface area contributed by atoms with Crippen molar-refractivity contribution in [3.8, 4) is 56.4 Å². The normalized spacial score (nSPS) is 11.5. The van der Waals surface area contributed by atoms with Crippen molar-refractivity contribution in [3.05, 3.63) is 146 Å². The molecule has 0 aliphatic carbocycles. The molecule has 0 saturated carbocycles. The Balaban J connectivity index is 1.36. The quantitative estimate of drug-likeness (QED) is 0.183. The summed E-state index contributed by atoms with van der Waals surface area (Å²) in [6, 6.07) is 51.2. The molecule has 0 fully saturated rings. The van der Waals surface area contributed by atoms with Gasteiger partial charge < -0.3 is 0 Å². The molecule has 0 aliphatic heterocycles. The van der Waals surface area contributed by atoms with Crippen molar-refractivity contribution in [2.75, 3.05) is 0 Å². The van der Waals surface area contributed by atoms with E-state index in [2.05, 4.69) is 159 Å². The molecule has 1 heterocycles. The van der Waals surface area contributed by atoms with Crippen molar-refractivity contribution in [2.45, 2.75) is 19.6 Å². The van der Waals surface area contributed by atoms with Gasteiger partial charge in [-0.25, -0.2) is 15.0 Å². The zero-order valence-electron chi connectivity index (χ0n) is 25.2. The van der Waals surface area contributed by atoms with Crippen LogP contribution in [0.5, 0.6) is 0 Å². The average Bonchev–Trinajstić information content (AvgIpc) is 3.08. The third-order valence-corrected chi connectivity index (χ3v) is 10.2. The highest BCUT2D eigenvalue weighted by atomic mass is 28.3. The lowest BCUT2D eigenvalue weighted by molar-refractivity contribution is 1.08. The summed E-state index contributed by atoms with van der Waals surface area (Å²) >= 11 is 0. The fourth-order valence-electron chi connectivity index (χ4n) is 5.64. The van der Waals surface area contributed by atoms with Crippen LogP contribution >= 0.6 is 0 Å². The van der Waals surface area contributed by atoms with Gasteiger partial charge in [0.1, 0.15) is 0 Å². The average molecular weight is 584 g/mol. The zero-order valence-corrected chi connectivity index (χ0v) is 26.2. The molecular formula is C40H33N3Si. The van der Waals surface area contributed by atoms with E-state index in [0.717, 1.165) is 38.6 Å². The number of hydrogen-bond acceptors (Lipinski definition) is 3. The van der Waals surface area contributed by atoms with Crippen molar-refractivity contribution in [1.82, 2.24) is 15.0 Å². The summed E-state index contributed by atoms with van der Waals surface area (Å²) in [4.78, 5) is 15.2.